The molecule has 0 unspecified atom stereocenters. The van der Waals surface area contributed by atoms with Gasteiger partial charge in [0, 0.05) is 38.5 Å². The zero-order chi connectivity index (χ0) is 35.5. The minimum atomic E-state index is -1.08. The van der Waals surface area contributed by atoms with Crippen LogP contribution in [0, 0.1) is 24.1 Å². The summed E-state index contributed by atoms with van der Waals surface area (Å²) < 4.78 is 19.5. The van der Waals surface area contributed by atoms with Gasteiger partial charge in [-0.1, -0.05) is 45.3 Å². The maximum atomic E-state index is 14.5. The minimum Gasteiger partial charge on any atom is -0.387 e. The summed E-state index contributed by atoms with van der Waals surface area (Å²) in [7, 11) is 0. The number of amides is 4. The molecular formula is C36H50FN5O7. The Labute approximate surface area is 287 Å². The normalized spacial score (nSPS) is 23.8. The lowest BCUT2D eigenvalue weighted by Gasteiger charge is -2.36. The highest BCUT2D eigenvalue weighted by molar-refractivity contribution is 6.38. The van der Waals surface area contributed by atoms with Crippen molar-refractivity contribution in [1.29, 1.82) is 0 Å². The van der Waals surface area contributed by atoms with Gasteiger partial charge in [0.05, 0.1) is 18.3 Å². The Hall–Kier alpha value is -3.87. The van der Waals surface area contributed by atoms with Gasteiger partial charge in [0.2, 0.25) is 23.5 Å². The van der Waals surface area contributed by atoms with Gasteiger partial charge < -0.3 is 30.4 Å². The van der Waals surface area contributed by atoms with Crippen LogP contribution in [0.1, 0.15) is 96.6 Å². The van der Waals surface area contributed by atoms with E-state index in [2.05, 4.69) is 21.1 Å². The van der Waals surface area contributed by atoms with Crippen LogP contribution in [0.4, 0.5) is 4.39 Å². The Morgan fingerprint density at radius 3 is 2.43 bits per heavy atom. The molecule has 49 heavy (non-hydrogen) atoms. The molecule has 4 amide bonds. The van der Waals surface area contributed by atoms with Gasteiger partial charge >= 0.3 is 0 Å². The molecule has 0 radical (unpaired) electrons. The zero-order valence-corrected chi connectivity index (χ0v) is 29.2. The SMILES string of the molecule is CCC[C@H](NC(=O)[C@@H]1C[C@]2(CC(c3ccc(F)c(C)c3)=NO2)CN1C(=O)[C@@H](NC(=O)CC1CCOCC1)C(C)(C)C)C(=O)C(=O)NC1CC1. The molecule has 1 saturated carbocycles. The van der Waals surface area contributed by atoms with Crippen LogP contribution in [0.15, 0.2) is 23.4 Å². The van der Waals surface area contributed by atoms with E-state index in [9.17, 15) is 28.4 Å². The largest absolute Gasteiger partial charge is 0.387 e. The highest BCUT2D eigenvalue weighted by Crippen LogP contribution is 2.40. The number of benzene rings is 1. The van der Waals surface area contributed by atoms with Crippen molar-refractivity contribution in [1.82, 2.24) is 20.9 Å². The molecule has 4 aliphatic rings. The van der Waals surface area contributed by atoms with Crippen LogP contribution in [0.25, 0.3) is 0 Å². The first-order valence-electron chi connectivity index (χ1n) is 17.5. The number of hydrogen-bond donors (Lipinski definition) is 3. The van der Waals surface area contributed by atoms with Crippen molar-refractivity contribution in [2.45, 2.75) is 122 Å². The van der Waals surface area contributed by atoms with Crippen LogP contribution < -0.4 is 16.0 Å². The minimum absolute atomic E-state index is 0.00588. The van der Waals surface area contributed by atoms with E-state index in [0.29, 0.717) is 36.5 Å². The third-order valence-electron chi connectivity index (χ3n) is 9.90. The van der Waals surface area contributed by atoms with Crippen LogP contribution in [-0.4, -0.2) is 89.6 Å². The molecule has 0 aromatic heterocycles. The van der Waals surface area contributed by atoms with E-state index in [1.165, 1.54) is 11.0 Å². The van der Waals surface area contributed by atoms with Crippen molar-refractivity contribution in [2.24, 2.45) is 16.5 Å². The number of halogens is 1. The van der Waals surface area contributed by atoms with E-state index in [1.54, 1.807) is 19.1 Å². The first-order chi connectivity index (χ1) is 23.2. The second-order valence-corrected chi connectivity index (χ2v) is 15.2. The van der Waals surface area contributed by atoms with Crippen LogP contribution in [0.2, 0.25) is 0 Å². The summed E-state index contributed by atoms with van der Waals surface area (Å²) in [6.07, 6.45) is 4.51. The number of nitrogens with one attached hydrogen (secondary N) is 3. The van der Waals surface area contributed by atoms with Gasteiger partial charge in [0.1, 0.15) is 17.9 Å². The molecule has 12 nitrogen and oxygen atoms in total. The van der Waals surface area contributed by atoms with Crippen molar-refractivity contribution in [2.75, 3.05) is 19.8 Å². The molecular weight excluding hydrogens is 633 g/mol. The average Bonchev–Trinajstić information content (AvgIpc) is 3.65. The van der Waals surface area contributed by atoms with E-state index >= 15 is 0 Å². The summed E-state index contributed by atoms with van der Waals surface area (Å²) in [5.41, 5.74) is -0.111. The number of ketones is 1. The molecule has 3 aliphatic heterocycles. The van der Waals surface area contributed by atoms with Gasteiger partial charge in [-0.05, 0) is 73.6 Å². The quantitative estimate of drug-likeness (QED) is 0.286. The number of rotatable bonds is 12. The lowest BCUT2D eigenvalue weighted by molar-refractivity contribution is -0.145. The van der Waals surface area contributed by atoms with Crippen molar-refractivity contribution in [3.05, 3.63) is 35.1 Å². The van der Waals surface area contributed by atoms with E-state index in [0.717, 1.165) is 25.7 Å². The van der Waals surface area contributed by atoms with Crippen LogP contribution in [-0.2, 0) is 33.5 Å². The van der Waals surface area contributed by atoms with E-state index in [-0.39, 0.29) is 55.9 Å². The fourth-order valence-corrected chi connectivity index (χ4v) is 6.82. The number of aryl methyl sites for hydroxylation is 1. The number of nitrogens with zero attached hydrogens (tertiary/aromatic N) is 2. The highest BCUT2D eigenvalue weighted by Gasteiger charge is 2.55. The van der Waals surface area contributed by atoms with E-state index in [1.807, 2.05) is 27.7 Å². The summed E-state index contributed by atoms with van der Waals surface area (Å²) >= 11 is 0. The predicted molar refractivity (Wildman–Crippen MR) is 179 cm³/mol. The third-order valence-corrected chi connectivity index (χ3v) is 9.90. The third kappa shape index (κ3) is 8.84. The summed E-state index contributed by atoms with van der Waals surface area (Å²) in [6.45, 7) is 10.2. The number of carbonyl (C=O) groups excluding carboxylic acids is 5. The second-order valence-electron chi connectivity index (χ2n) is 15.2. The molecule has 0 bridgehead atoms. The van der Waals surface area contributed by atoms with Crippen molar-refractivity contribution >= 4 is 35.1 Å². The first kappa shape index (κ1) is 36.4. The molecule has 3 heterocycles. The summed E-state index contributed by atoms with van der Waals surface area (Å²) in [5.74, 6) is -2.95. The average molecular weight is 684 g/mol. The van der Waals surface area contributed by atoms with E-state index < -0.39 is 52.6 Å². The standard InChI is InChI=1S/C36H50FN5O7/c1-6-7-26(30(44)33(46)38-24-9-10-24)39-32(45)28-19-36(18-27(41-49-36)23-8-11-25(37)21(2)16-23)20-42(28)34(47)31(35(3,4)5)40-29(43)17-22-12-14-48-15-13-22/h8,11,16,22,24,26,28,31H,6-7,9-10,12-15,17-20H2,1-5H3,(H,38,46)(H,39,45)(H,40,43)/t26-,28-,31+,36+/m0/s1. The molecule has 1 spiro atoms. The highest BCUT2D eigenvalue weighted by atomic mass is 19.1. The fourth-order valence-electron chi connectivity index (χ4n) is 6.82. The van der Waals surface area contributed by atoms with Gasteiger partial charge in [-0.3, -0.25) is 24.0 Å². The lowest BCUT2D eigenvalue weighted by atomic mass is 9.85. The Kier molecular flexibility index (Phi) is 11.1. The molecule has 1 aromatic carbocycles. The Bertz CT molecular complexity index is 1480. The van der Waals surface area contributed by atoms with Crippen LogP contribution >= 0.6 is 0 Å². The maximum absolute atomic E-state index is 14.5. The Morgan fingerprint density at radius 2 is 1.80 bits per heavy atom. The summed E-state index contributed by atoms with van der Waals surface area (Å²) in [4.78, 5) is 75.2. The van der Waals surface area contributed by atoms with E-state index in [4.69, 9.17) is 9.57 Å². The monoisotopic (exact) mass is 683 g/mol. The molecule has 1 aromatic rings. The molecule has 13 heteroatoms. The fraction of sp³-hybridized carbons (Fsp3) is 0.667. The summed E-state index contributed by atoms with van der Waals surface area (Å²) in [6, 6.07) is 1.52. The molecule has 4 atom stereocenters. The number of Topliss-reactive ketones (excluding diaryl/α,β-unsaturated/α-hetero) is 1. The Balaban J connectivity index is 1.39. The number of carbonyl (C=O) groups is 5. The predicted octanol–water partition coefficient (Wildman–Crippen LogP) is 3.08. The lowest BCUT2D eigenvalue weighted by Crippen LogP contribution is -2.59. The van der Waals surface area contributed by atoms with Crippen LogP contribution in [0.3, 0.4) is 0 Å². The second kappa shape index (κ2) is 14.9. The van der Waals surface area contributed by atoms with Gasteiger partial charge in [0.25, 0.3) is 5.91 Å². The van der Waals surface area contributed by atoms with Gasteiger partial charge in [-0.15, -0.1) is 0 Å². The van der Waals surface area contributed by atoms with Gasteiger partial charge in [-0.25, -0.2) is 4.39 Å². The number of oxime groups is 1. The number of hydrogen-bond acceptors (Lipinski definition) is 8. The van der Waals surface area contributed by atoms with Crippen molar-refractivity contribution in [3.8, 4) is 0 Å². The Morgan fingerprint density at radius 1 is 1.08 bits per heavy atom. The number of ether oxygens (including phenoxy) is 1. The van der Waals surface area contributed by atoms with Crippen molar-refractivity contribution in [3.63, 3.8) is 0 Å². The smallest absolute Gasteiger partial charge is 0.289 e. The maximum Gasteiger partial charge on any atom is 0.289 e. The summed E-state index contributed by atoms with van der Waals surface area (Å²) in [5, 5.41) is 12.8. The van der Waals surface area contributed by atoms with Gasteiger partial charge in [-0.2, -0.15) is 0 Å². The molecule has 268 valence electrons. The molecule has 3 fully saturated rings. The molecule has 1 aliphatic carbocycles. The zero-order valence-electron chi connectivity index (χ0n) is 29.2. The first-order valence-corrected chi connectivity index (χ1v) is 17.5. The number of likely N-dealkylation sites (tertiary alicyclic amines) is 1. The molecule has 5 rings (SSSR count). The molecule has 3 N–H and O–H groups in total. The van der Waals surface area contributed by atoms with Crippen molar-refractivity contribution < 1.29 is 37.9 Å². The van der Waals surface area contributed by atoms with Gasteiger partial charge in [0.15, 0.2) is 5.60 Å². The van der Waals surface area contributed by atoms with Crippen LogP contribution in [0.5, 0.6) is 0 Å². The topological polar surface area (TPSA) is 156 Å². The molecule has 2 saturated heterocycles.